The Morgan fingerprint density at radius 1 is 1.23 bits per heavy atom. The Kier molecular flexibility index (Phi) is 1.89. The largest absolute Gasteiger partial charge is 0.306 e. The van der Waals surface area contributed by atoms with E-state index in [2.05, 4.69) is 37.0 Å². The molecule has 0 bridgehead atoms. The van der Waals surface area contributed by atoms with Gasteiger partial charge in [-0.1, -0.05) is 12.1 Å². The van der Waals surface area contributed by atoms with Gasteiger partial charge in [-0.05, 0) is 31.0 Å². The lowest BCUT2D eigenvalue weighted by Gasteiger charge is -2.08. The fraction of sp³-hybridized carbons (Fsp3) is 0.182. The summed E-state index contributed by atoms with van der Waals surface area (Å²) in [5, 5.41) is 0. The van der Waals surface area contributed by atoms with Crippen LogP contribution in [-0.4, -0.2) is 9.55 Å². The molecule has 0 saturated carbocycles. The molecule has 2 nitrogen and oxygen atoms in total. The van der Waals surface area contributed by atoms with Gasteiger partial charge in [0.15, 0.2) is 0 Å². The van der Waals surface area contributed by atoms with E-state index in [0.717, 1.165) is 0 Å². The van der Waals surface area contributed by atoms with Crippen molar-refractivity contribution >= 4 is 0 Å². The van der Waals surface area contributed by atoms with Gasteiger partial charge in [-0.15, -0.1) is 0 Å². The van der Waals surface area contributed by atoms with Crippen LogP contribution in [0.15, 0.2) is 36.9 Å². The average Bonchev–Trinajstić information content (AvgIpc) is 2.62. The van der Waals surface area contributed by atoms with Crippen molar-refractivity contribution in [2.75, 3.05) is 0 Å². The Labute approximate surface area is 77.9 Å². The lowest BCUT2D eigenvalue weighted by atomic mass is 10.1. The standard InChI is InChI=1S/C11H12N2/c1-9-4-3-5-11(10(9)2)13-7-6-12-8-13/h3-8H,1-2H3. The van der Waals surface area contributed by atoms with Crippen molar-refractivity contribution in [3.63, 3.8) is 0 Å². The van der Waals surface area contributed by atoms with E-state index in [-0.39, 0.29) is 0 Å². The predicted molar refractivity (Wildman–Crippen MR) is 53.0 cm³/mol. The van der Waals surface area contributed by atoms with Crippen molar-refractivity contribution in [3.05, 3.63) is 48.0 Å². The normalized spacial score (nSPS) is 10.3. The SMILES string of the molecule is Cc1cccc(-n2ccnc2)c1C. The molecule has 2 rings (SSSR count). The molecule has 0 fully saturated rings. The molecule has 0 amide bonds. The Bertz CT molecular complexity index is 402. The third kappa shape index (κ3) is 1.35. The third-order valence-electron chi connectivity index (χ3n) is 2.36. The zero-order valence-corrected chi connectivity index (χ0v) is 7.86. The molecule has 66 valence electrons. The number of aryl methyl sites for hydroxylation is 1. The van der Waals surface area contributed by atoms with Gasteiger partial charge in [0.25, 0.3) is 0 Å². The Balaban J connectivity index is 2.59. The zero-order chi connectivity index (χ0) is 9.26. The minimum Gasteiger partial charge on any atom is -0.306 e. The number of nitrogens with zero attached hydrogens (tertiary/aromatic N) is 2. The van der Waals surface area contributed by atoms with Crippen molar-refractivity contribution in [3.8, 4) is 5.69 Å². The van der Waals surface area contributed by atoms with Crippen molar-refractivity contribution < 1.29 is 0 Å². The van der Waals surface area contributed by atoms with Crippen LogP contribution in [0.5, 0.6) is 0 Å². The van der Waals surface area contributed by atoms with Crippen LogP contribution < -0.4 is 0 Å². The van der Waals surface area contributed by atoms with Gasteiger partial charge >= 0.3 is 0 Å². The molecule has 2 aromatic rings. The number of aromatic nitrogens is 2. The molecule has 1 aromatic carbocycles. The molecule has 0 aliphatic carbocycles. The third-order valence-corrected chi connectivity index (χ3v) is 2.36. The lowest BCUT2D eigenvalue weighted by molar-refractivity contribution is 1.03. The van der Waals surface area contributed by atoms with E-state index in [1.54, 1.807) is 6.20 Å². The van der Waals surface area contributed by atoms with E-state index in [9.17, 15) is 0 Å². The molecule has 0 saturated heterocycles. The van der Waals surface area contributed by atoms with Gasteiger partial charge < -0.3 is 4.57 Å². The maximum atomic E-state index is 4.03. The summed E-state index contributed by atoms with van der Waals surface area (Å²) in [6.07, 6.45) is 5.57. The first kappa shape index (κ1) is 8.05. The van der Waals surface area contributed by atoms with Crippen LogP contribution in [0.3, 0.4) is 0 Å². The molecule has 0 aliphatic heterocycles. The van der Waals surface area contributed by atoms with Crippen molar-refractivity contribution in [1.29, 1.82) is 0 Å². The second-order valence-electron chi connectivity index (χ2n) is 3.19. The first-order valence-electron chi connectivity index (χ1n) is 4.33. The molecule has 2 heteroatoms. The van der Waals surface area contributed by atoms with Gasteiger partial charge in [0.2, 0.25) is 0 Å². The monoisotopic (exact) mass is 172 g/mol. The Morgan fingerprint density at radius 2 is 2.08 bits per heavy atom. The van der Waals surface area contributed by atoms with Crippen LogP contribution in [-0.2, 0) is 0 Å². The summed E-state index contributed by atoms with van der Waals surface area (Å²) in [7, 11) is 0. The van der Waals surface area contributed by atoms with Crippen LogP contribution in [0.25, 0.3) is 5.69 Å². The van der Waals surface area contributed by atoms with E-state index < -0.39 is 0 Å². The molecule has 0 radical (unpaired) electrons. The highest BCUT2D eigenvalue weighted by Crippen LogP contribution is 2.16. The summed E-state index contributed by atoms with van der Waals surface area (Å²) < 4.78 is 2.03. The van der Waals surface area contributed by atoms with Gasteiger partial charge in [-0.25, -0.2) is 4.98 Å². The fourth-order valence-corrected chi connectivity index (χ4v) is 1.42. The summed E-state index contributed by atoms with van der Waals surface area (Å²) in [6, 6.07) is 6.29. The molecule has 1 heterocycles. The molecule has 1 aromatic heterocycles. The first-order chi connectivity index (χ1) is 6.29. The molecule has 0 spiro atoms. The fourth-order valence-electron chi connectivity index (χ4n) is 1.42. The van der Waals surface area contributed by atoms with Gasteiger partial charge in [-0.3, -0.25) is 0 Å². The second kappa shape index (κ2) is 3.05. The molecule has 0 aliphatic rings. The van der Waals surface area contributed by atoms with Crippen LogP contribution in [0.2, 0.25) is 0 Å². The topological polar surface area (TPSA) is 17.8 Å². The van der Waals surface area contributed by atoms with Crippen LogP contribution in [0, 0.1) is 13.8 Å². The number of rotatable bonds is 1. The number of hydrogen-bond acceptors (Lipinski definition) is 1. The molecule has 0 N–H and O–H groups in total. The molecule has 13 heavy (non-hydrogen) atoms. The van der Waals surface area contributed by atoms with Crippen molar-refractivity contribution in [1.82, 2.24) is 9.55 Å². The van der Waals surface area contributed by atoms with Crippen LogP contribution in [0.4, 0.5) is 0 Å². The van der Waals surface area contributed by atoms with E-state index in [4.69, 9.17) is 0 Å². The van der Waals surface area contributed by atoms with Crippen molar-refractivity contribution in [2.24, 2.45) is 0 Å². The molecule has 0 unspecified atom stereocenters. The highest BCUT2D eigenvalue weighted by atomic mass is 15.0. The highest BCUT2D eigenvalue weighted by Gasteiger charge is 2.00. The second-order valence-corrected chi connectivity index (χ2v) is 3.19. The average molecular weight is 172 g/mol. The summed E-state index contributed by atoms with van der Waals surface area (Å²) in [5.41, 5.74) is 3.82. The summed E-state index contributed by atoms with van der Waals surface area (Å²) in [6.45, 7) is 4.25. The number of hydrogen-bond donors (Lipinski definition) is 0. The molecular weight excluding hydrogens is 160 g/mol. The van der Waals surface area contributed by atoms with Gasteiger partial charge in [0.1, 0.15) is 0 Å². The number of imidazole rings is 1. The van der Waals surface area contributed by atoms with Crippen LogP contribution >= 0.6 is 0 Å². The maximum Gasteiger partial charge on any atom is 0.0991 e. The van der Waals surface area contributed by atoms with Gasteiger partial charge in [-0.2, -0.15) is 0 Å². The molecular formula is C11H12N2. The Hall–Kier alpha value is -1.57. The quantitative estimate of drug-likeness (QED) is 0.646. The number of benzene rings is 1. The van der Waals surface area contributed by atoms with Crippen LogP contribution in [0.1, 0.15) is 11.1 Å². The van der Waals surface area contributed by atoms with Gasteiger partial charge in [0, 0.05) is 18.1 Å². The Morgan fingerprint density at radius 3 is 2.77 bits per heavy atom. The summed E-state index contributed by atoms with van der Waals surface area (Å²) in [5.74, 6) is 0. The zero-order valence-electron chi connectivity index (χ0n) is 7.86. The van der Waals surface area contributed by atoms with E-state index in [1.165, 1.54) is 16.8 Å². The lowest BCUT2D eigenvalue weighted by Crippen LogP contribution is -1.94. The first-order valence-corrected chi connectivity index (χ1v) is 4.33. The summed E-state index contributed by atoms with van der Waals surface area (Å²) >= 11 is 0. The van der Waals surface area contributed by atoms with E-state index in [1.807, 2.05) is 17.1 Å². The smallest absolute Gasteiger partial charge is 0.0991 e. The molecule has 0 atom stereocenters. The highest BCUT2D eigenvalue weighted by molar-refractivity contribution is 5.44. The summed E-state index contributed by atoms with van der Waals surface area (Å²) in [4.78, 5) is 4.03. The van der Waals surface area contributed by atoms with Crippen molar-refractivity contribution in [2.45, 2.75) is 13.8 Å². The van der Waals surface area contributed by atoms with Gasteiger partial charge in [0.05, 0.1) is 6.33 Å². The minimum absolute atomic E-state index is 1.21. The minimum atomic E-state index is 1.21. The maximum absolute atomic E-state index is 4.03. The van der Waals surface area contributed by atoms with E-state index >= 15 is 0 Å². The predicted octanol–water partition coefficient (Wildman–Crippen LogP) is 2.49. The van der Waals surface area contributed by atoms with E-state index in [0.29, 0.717) is 0 Å².